The van der Waals surface area contributed by atoms with E-state index in [9.17, 15) is 13.2 Å². The van der Waals surface area contributed by atoms with Gasteiger partial charge in [-0.15, -0.1) is 0 Å². The maximum atomic E-state index is 12.2. The fourth-order valence-electron chi connectivity index (χ4n) is 1.23. The van der Waals surface area contributed by atoms with Gasteiger partial charge in [0.05, 0.1) is 12.9 Å². The number of carbonyl (C=O) groups excluding carboxylic acids is 1. The Bertz CT molecular complexity index is 535. The molecule has 0 heterocycles. The summed E-state index contributed by atoms with van der Waals surface area (Å²) in [7, 11) is -2.10. The van der Waals surface area contributed by atoms with Gasteiger partial charge in [0, 0.05) is 5.56 Å². The highest BCUT2D eigenvalue weighted by Gasteiger charge is 2.45. The first-order chi connectivity index (χ1) is 8.26. The van der Waals surface area contributed by atoms with Gasteiger partial charge in [0.2, 0.25) is 8.35 Å². The van der Waals surface area contributed by atoms with Crippen LogP contribution in [0.4, 0.5) is 0 Å². The molecule has 0 aromatic heterocycles. The van der Waals surface area contributed by atoms with Crippen molar-refractivity contribution in [3.63, 3.8) is 0 Å². The van der Waals surface area contributed by atoms with Crippen LogP contribution in [0, 0.1) is 0 Å². The van der Waals surface area contributed by atoms with Crippen LogP contribution < -0.4 is 4.74 Å². The molecule has 0 N–H and O–H groups in total. The van der Waals surface area contributed by atoms with Crippen molar-refractivity contribution in [1.82, 2.24) is 0 Å². The van der Waals surface area contributed by atoms with Crippen molar-refractivity contribution in [3.8, 4) is 5.75 Å². The molecule has 0 aliphatic heterocycles. The number of carbonyl (C=O) groups is 1. The summed E-state index contributed by atoms with van der Waals surface area (Å²) in [5.41, 5.74) is 0.279. The van der Waals surface area contributed by atoms with Gasteiger partial charge in [0.15, 0.2) is 9.84 Å². The molecule has 100 valence electrons. The van der Waals surface area contributed by atoms with E-state index in [1.165, 1.54) is 26.2 Å². The zero-order valence-corrected chi connectivity index (χ0v) is 13.8. The minimum Gasteiger partial charge on any atom is -0.497 e. The Hall–Kier alpha value is -0.400. The van der Waals surface area contributed by atoms with Crippen molar-refractivity contribution in [1.29, 1.82) is 0 Å². The number of methoxy groups -OCH3 is 1. The molecule has 0 unspecified atom stereocenters. The van der Waals surface area contributed by atoms with E-state index in [1.54, 1.807) is 12.1 Å². The lowest BCUT2D eigenvalue weighted by Crippen LogP contribution is -2.35. The third kappa shape index (κ3) is 2.95. The summed E-state index contributed by atoms with van der Waals surface area (Å²) in [4.78, 5) is 12.2. The third-order valence-electron chi connectivity index (χ3n) is 2.39. The quantitative estimate of drug-likeness (QED) is 0.564. The van der Waals surface area contributed by atoms with Crippen molar-refractivity contribution in [2.45, 2.75) is 9.49 Å². The van der Waals surface area contributed by atoms with Crippen LogP contribution in [-0.4, -0.2) is 29.6 Å². The standard InChI is InChI=1S/C11H12Br2O4S/c1-3-18(15,16)11(12,13)10(14)8-4-6-9(17-2)7-5-8/h4-7H,3H2,1-2H3. The van der Waals surface area contributed by atoms with Crippen LogP contribution in [0.5, 0.6) is 5.75 Å². The van der Waals surface area contributed by atoms with E-state index in [-0.39, 0.29) is 11.3 Å². The lowest BCUT2D eigenvalue weighted by Gasteiger charge is -2.18. The number of hydrogen-bond acceptors (Lipinski definition) is 4. The predicted octanol–water partition coefficient (Wildman–Crippen LogP) is 2.76. The van der Waals surface area contributed by atoms with Gasteiger partial charge in [-0.3, -0.25) is 4.79 Å². The molecule has 0 radical (unpaired) electrons. The van der Waals surface area contributed by atoms with Gasteiger partial charge < -0.3 is 4.74 Å². The molecule has 0 spiro atoms. The highest BCUT2D eigenvalue weighted by molar-refractivity contribution is 9.28. The molecule has 0 atom stereocenters. The molecular weight excluding hydrogens is 388 g/mol. The number of Topliss-reactive ketones (excluding diaryl/α,β-unsaturated/α-hetero) is 1. The van der Waals surface area contributed by atoms with Crippen LogP contribution in [0.3, 0.4) is 0 Å². The monoisotopic (exact) mass is 398 g/mol. The lowest BCUT2D eigenvalue weighted by atomic mass is 10.1. The van der Waals surface area contributed by atoms with Crippen LogP contribution in [-0.2, 0) is 9.84 Å². The molecule has 0 aliphatic rings. The Balaban J connectivity index is 3.14. The van der Waals surface area contributed by atoms with E-state index in [2.05, 4.69) is 31.9 Å². The minimum atomic E-state index is -3.61. The number of ether oxygens (including phenoxy) is 1. The molecule has 1 rings (SSSR count). The second-order valence-corrected chi connectivity index (χ2v) is 10.4. The first kappa shape index (κ1) is 15.7. The molecule has 0 fully saturated rings. The molecular formula is C11H12Br2O4S. The number of benzene rings is 1. The molecule has 7 heteroatoms. The van der Waals surface area contributed by atoms with E-state index in [1.807, 2.05) is 0 Å². The van der Waals surface area contributed by atoms with Gasteiger partial charge in [-0.2, -0.15) is 0 Å². The average Bonchev–Trinajstić information content (AvgIpc) is 2.37. The van der Waals surface area contributed by atoms with Crippen LogP contribution in [0.25, 0.3) is 0 Å². The number of alkyl halides is 2. The van der Waals surface area contributed by atoms with Gasteiger partial charge in [-0.1, -0.05) is 6.92 Å². The largest absolute Gasteiger partial charge is 0.497 e. The molecule has 1 aromatic rings. The normalized spacial score (nSPS) is 12.2. The molecule has 4 nitrogen and oxygen atoms in total. The summed E-state index contributed by atoms with van der Waals surface area (Å²) in [6, 6.07) is 6.23. The smallest absolute Gasteiger partial charge is 0.243 e. The van der Waals surface area contributed by atoms with E-state index < -0.39 is 18.2 Å². The Morgan fingerprint density at radius 3 is 2.17 bits per heavy atom. The highest BCUT2D eigenvalue weighted by atomic mass is 79.9. The van der Waals surface area contributed by atoms with E-state index >= 15 is 0 Å². The van der Waals surface area contributed by atoms with Gasteiger partial charge in [0.1, 0.15) is 5.75 Å². The van der Waals surface area contributed by atoms with Gasteiger partial charge in [0.25, 0.3) is 0 Å². The Kier molecular flexibility index (Phi) is 4.97. The van der Waals surface area contributed by atoms with Crippen molar-refractivity contribution >= 4 is 47.5 Å². The molecule has 0 saturated heterocycles. The summed E-state index contributed by atoms with van der Waals surface area (Å²) >= 11 is 5.90. The molecule has 0 saturated carbocycles. The van der Waals surface area contributed by atoms with Crippen LogP contribution >= 0.6 is 31.9 Å². The fourth-order valence-corrected chi connectivity index (χ4v) is 3.83. The predicted molar refractivity (Wildman–Crippen MR) is 77.4 cm³/mol. The minimum absolute atomic E-state index is 0.147. The topological polar surface area (TPSA) is 60.4 Å². The summed E-state index contributed by atoms with van der Waals surface area (Å²) in [6.45, 7) is 1.48. The maximum absolute atomic E-state index is 12.2. The van der Waals surface area contributed by atoms with Gasteiger partial charge in [-0.25, -0.2) is 8.42 Å². The van der Waals surface area contributed by atoms with Crippen molar-refractivity contribution in [3.05, 3.63) is 29.8 Å². The van der Waals surface area contributed by atoms with Gasteiger partial charge in [-0.05, 0) is 56.1 Å². The zero-order chi connectivity index (χ0) is 14.0. The summed E-state index contributed by atoms with van der Waals surface area (Å²) in [6.07, 6.45) is 0. The number of rotatable bonds is 5. The fraction of sp³-hybridized carbons (Fsp3) is 0.364. The summed E-state index contributed by atoms with van der Waals surface area (Å²) in [5, 5.41) is 0. The Morgan fingerprint density at radius 1 is 1.28 bits per heavy atom. The van der Waals surface area contributed by atoms with Crippen molar-refractivity contribution in [2.24, 2.45) is 0 Å². The Labute approximate surface area is 123 Å². The van der Waals surface area contributed by atoms with Crippen LogP contribution in [0.2, 0.25) is 0 Å². The number of hydrogen-bond donors (Lipinski definition) is 0. The molecule has 0 aliphatic carbocycles. The van der Waals surface area contributed by atoms with Crippen LogP contribution in [0.15, 0.2) is 24.3 Å². The lowest BCUT2D eigenvalue weighted by molar-refractivity contribution is 0.100. The highest BCUT2D eigenvalue weighted by Crippen LogP contribution is 2.37. The van der Waals surface area contributed by atoms with Gasteiger partial charge >= 0.3 is 0 Å². The summed E-state index contributed by atoms with van der Waals surface area (Å²) < 4.78 is 26.8. The molecule has 1 aromatic carbocycles. The number of sulfone groups is 1. The van der Waals surface area contributed by atoms with Crippen molar-refractivity contribution < 1.29 is 17.9 Å². The average molecular weight is 400 g/mol. The Morgan fingerprint density at radius 2 is 1.78 bits per heavy atom. The molecule has 0 bridgehead atoms. The van der Waals surface area contributed by atoms with E-state index in [0.717, 1.165) is 0 Å². The van der Waals surface area contributed by atoms with Crippen LogP contribution in [0.1, 0.15) is 17.3 Å². The molecule has 0 amide bonds. The third-order valence-corrected chi connectivity index (χ3v) is 7.79. The zero-order valence-electron chi connectivity index (χ0n) is 9.81. The molecule has 18 heavy (non-hydrogen) atoms. The van der Waals surface area contributed by atoms with E-state index in [4.69, 9.17) is 4.74 Å². The second-order valence-electron chi connectivity index (χ2n) is 3.48. The van der Waals surface area contributed by atoms with Crippen molar-refractivity contribution in [2.75, 3.05) is 12.9 Å². The number of halogens is 2. The van der Waals surface area contributed by atoms with E-state index in [0.29, 0.717) is 5.75 Å². The first-order valence-corrected chi connectivity index (χ1v) is 8.29. The number of ketones is 1. The maximum Gasteiger partial charge on any atom is 0.243 e. The second kappa shape index (κ2) is 5.71. The first-order valence-electron chi connectivity index (χ1n) is 5.05. The SMILES string of the molecule is CCS(=O)(=O)C(Br)(Br)C(=O)c1ccc(OC)cc1. The summed E-state index contributed by atoms with van der Waals surface area (Å²) in [5.74, 6) is -0.113.